The van der Waals surface area contributed by atoms with Gasteiger partial charge in [-0.1, -0.05) is 35.7 Å². The van der Waals surface area contributed by atoms with Crippen molar-refractivity contribution in [3.8, 4) is 0 Å². The number of halogens is 1. The number of piperidine rings is 2. The minimum Gasteiger partial charge on any atom is -0.357 e. The Bertz CT molecular complexity index is 596. The second-order valence-corrected chi connectivity index (χ2v) is 8.22. The Morgan fingerprint density at radius 3 is 2.33 bits per heavy atom. The Morgan fingerprint density at radius 2 is 1.74 bits per heavy atom. The van der Waals surface area contributed by atoms with E-state index in [1.165, 1.54) is 48.8 Å². The van der Waals surface area contributed by atoms with Gasteiger partial charge in [-0.2, -0.15) is 0 Å². The van der Waals surface area contributed by atoms with Gasteiger partial charge in [0.15, 0.2) is 5.96 Å². The third kappa shape index (κ3) is 6.34. The van der Waals surface area contributed by atoms with Gasteiger partial charge in [-0.15, -0.1) is 24.0 Å². The monoisotopic (exact) mass is 484 g/mol. The smallest absolute Gasteiger partial charge is 0.191 e. The van der Waals surface area contributed by atoms with Gasteiger partial charge in [-0.05, 0) is 65.5 Å². The van der Waals surface area contributed by atoms with Crippen LogP contribution in [0.25, 0.3) is 0 Å². The van der Waals surface area contributed by atoms with Crippen LogP contribution in [0.1, 0.15) is 55.7 Å². The topological polar surface area (TPSA) is 39.7 Å². The molecular formula is C22H37IN4. The van der Waals surface area contributed by atoms with E-state index < -0.39 is 0 Å². The molecule has 2 heterocycles. The van der Waals surface area contributed by atoms with Gasteiger partial charge in [0.1, 0.15) is 0 Å². The third-order valence-electron chi connectivity index (χ3n) is 5.98. The Kier molecular flexibility index (Phi) is 8.86. The summed E-state index contributed by atoms with van der Waals surface area (Å²) < 4.78 is 0. The number of aryl methyl sites for hydroxylation is 2. The zero-order valence-corrected chi connectivity index (χ0v) is 19.8. The summed E-state index contributed by atoms with van der Waals surface area (Å²) in [5.74, 6) is 0.990. The molecule has 1 aromatic rings. The molecule has 4 nitrogen and oxygen atoms in total. The van der Waals surface area contributed by atoms with E-state index in [4.69, 9.17) is 4.99 Å². The maximum atomic E-state index is 4.86. The lowest BCUT2D eigenvalue weighted by Gasteiger charge is -2.47. The summed E-state index contributed by atoms with van der Waals surface area (Å²) in [4.78, 5) is 7.47. The van der Waals surface area contributed by atoms with Crippen LogP contribution in [-0.2, 0) is 6.42 Å². The summed E-state index contributed by atoms with van der Waals surface area (Å²) >= 11 is 0. The van der Waals surface area contributed by atoms with E-state index in [2.05, 4.69) is 61.6 Å². The van der Waals surface area contributed by atoms with Gasteiger partial charge in [0.05, 0.1) is 0 Å². The summed E-state index contributed by atoms with van der Waals surface area (Å²) in [5, 5.41) is 7.17. The predicted octanol–water partition coefficient (Wildman–Crippen LogP) is 4.03. The molecule has 0 radical (unpaired) electrons. The number of rotatable bonds is 5. The third-order valence-corrected chi connectivity index (χ3v) is 5.98. The summed E-state index contributed by atoms with van der Waals surface area (Å²) in [7, 11) is 2.31. The summed E-state index contributed by atoms with van der Waals surface area (Å²) in [5.41, 5.74) is 4.06. The van der Waals surface area contributed by atoms with Crippen molar-refractivity contribution in [3.63, 3.8) is 0 Å². The van der Waals surface area contributed by atoms with Crippen molar-refractivity contribution in [1.82, 2.24) is 15.5 Å². The molecule has 0 aromatic heterocycles. The van der Waals surface area contributed by atoms with Crippen LogP contribution in [0.3, 0.4) is 0 Å². The van der Waals surface area contributed by atoms with Gasteiger partial charge in [-0.25, -0.2) is 0 Å². The van der Waals surface area contributed by atoms with Crippen molar-refractivity contribution in [2.24, 2.45) is 4.99 Å². The van der Waals surface area contributed by atoms with E-state index in [9.17, 15) is 0 Å². The molecule has 3 rings (SSSR count). The molecule has 1 aromatic carbocycles. The van der Waals surface area contributed by atoms with E-state index in [1.807, 2.05) is 0 Å². The number of nitrogens with zero attached hydrogens (tertiary/aromatic N) is 2. The highest BCUT2D eigenvalue weighted by Gasteiger charge is 2.36. The molecule has 0 amide bonds. The summed E-state index contributed by atoms with van der Waals surface area (Å²) in [6.45, 7) is 8.22. The highest BCUT2D eigenvalue weighted by Crippen LogP contribution is 2.32. The minimum absolute atomic E-state index is 0. The summed E-state index contributed by atoms with van der Waals surface area (Å²) in [6, 6.07) is 8.84. The Labute approximate surface area is 182 Å². The quantitative estimate of drug-likeness (QED) is 0.377. The number of aliphatic imine (C=N–C) groups is 1. The molecule has 0 aliphatic carbocycles. The molecule has 2 atom stereocenters. The van der Waals surface area contributed by atoms with Crippen LogP contribution in [0.2, 0.25) is 0 Å². The first-order valence-electron chi connectivity index (χ1n) is 10.4. The van der Waals surface area contributed by atoms with Crippen LogP contribution in [0.4, 0.5) is 0 Å². The molecule has 0 spiro atoms. The normalized spacial score (nSPS) is 25.6. The largest absolute Gasteiger partial charge is 0.357 e. The Balaban J connectivity index is 0.00000261. The minimum atomic E-state index is 0. The fourth-order valence-corrected chi connectivity index (χ4v) is 4.76. The molecule has 0 saturated carbocycles. The van der Waals surface area contributed by atoms with E-state index in [-0.39, 0.29) is 24.0 Å². The first-order chi connectivity index (χ1) is 12.5. The van der Waals surface area contributed by atoms with Gasteiger partial charge in [0, 0.05) is 31.2 Å². The standard InChI is InChI=1S/C22H36N4.HI/c1-5-23-22(24-10-9-18-12-16(2)11-17(3)13-18)25-19-14-20-7-6-8-21(15-19)26(20)4;/h11-13,19-21H,5-10,14-15H2,1-4H3,(H2,23,24,25);1H. The number of nitrogens with one attached hydrogen (secondary N) is 2. The molecule has 152 valence electrons. The number of hydrogen-bond acceptors (Lipinski definition) is 2. The van der Waals surface area contributed by atoms with Crippen molar-refractivity contribution in [2.45, 2.75) is 77.4 Å². The van der Waals surface area contributed by atoms with Crippen LogP contribution < -0.4 is 10.6 Å². The molecule has 2 bridgehead atoms. The number of guanidine groups is 1. The zero-order valence-electron chi connectivity index (χ0n) is 17.4. The molecular weight excluding hydrogens is 447 g/mol. The molecule has 2 saturated heterocycles. The van der Waals surface area contributed by atoms with Crippen molar-refractivity contribution in [3.05, 3.63) is 34.9 Å². The van der Waals surface area contributed by atoms with E-state index >= 15 is 0 Å². The van der Waals surface area contributed by atoms with E-state index in [1.54, 1.807) is 0 Å². The predicted molar refractivity (Wildman–Crippen MR) is 126 cm³/mol. The van der Waals surface area contributed by atoms with Gasteiger partial charge < -0.3 is 15.5 Å². The van der Waals surface area contributed by atoms with E-state index in [0.29, 0.717) is 6.04 Å². The highest BCUT2D eigenvalue weighted by molar-refractivity contribution is 14.0. The molecule has 2 aliphatic rings. The SMILES string of the molecule is CCNC(=NCCc1cc(C)cc(C)c1)NC1CC2CCCC(C1)N2C.I. The lowest BCUT2D eigenvalue weighted by atomic mass is 9.82. The van der Waals surface area contributed by atoms with Crippen LogP contribution in [-0.4, -0.2) is 49.1 Å². The molecule has 2 N–H and O–H groups in total. The second-order valence-electron chi connectivity index (χ2n) is 8.22. The molecule has 2 unspecified atom stereocenters. The van der Waals surface area contributed by atoms with Crippen LogP contribution in [0.5, 0.6) is 0 Å². The van der Waals surface area contributed by atoms with Crippen LogP contribution in [0, 0.1) is 13.8 Å². The Morgan fingerprint density at radius 1 is 1.11 bits per heavy atom. The molecule has 2 aliphatic heterocycles. The van der Waals surface area contributed by atoms with Crippen LogP contribution in [0.15, 0.2) is 23.2 Å². The number of hydrogen-bond donors (Lipinski definition) is 2. The van der Waals surface area contributed by atoms with Crippen molar-refractivity contribution >= 4 is 29.9 Å². The maximum Gasteiger partial charge on any atom is 0.191 e. The fraction of sp³-hybridized carbons (Fsp3) is 0.682. The lowest BCUT2D eigenvalue weighted by molar-refractivity contribution is 0.0526. The first-order valence-corrected chi connectivity index (χ1v) is 10.4. The average Bonchev–Trinajstić information content (AvgIpc) is 2.55. The average molecular weight is 484 g/mol. The number of fused-ring (bicyclic) bond motifs is 2. The van der Waals surface area contributed by atoms with Gasteiger partial charge >= 0.3 is 0 Å². The molecule has 2 fully saturated rings. The highest BCUT2D eigenvalue weighted by atomic mass is 127. The van der Waals surface area contributed by atoms with Crippen molar-refractivity contribution in [2.75, 3.05) is 20.1 Å². The Hall–Kier alpha value is -0.820. The van der Waals surface area contributed by atoms with Gasteiger partial charge in [0.25, 0.3) is 0 Å². The fourth-order valence-electron chi connectivity index (χ4n) is 4.76. The summed E-state index contributed by atoms with van der Waals surface area (Å²) in [6.07, 6.45) is 7.59. The molecule has 5 heteroatoms. The van der Waals surface area contributed by atoms with Crippen molar-refractivity contribution in [1.29, 1.82) is 0 Å². The van der Waals surface area contributed by atoms with Crippen molar-refractivity contribution < 1.29 is 0 Å². The first kappa shape index (κ1) is 22.5. The second kappa shape index (κ2) is 10.6. The van der Waals surface area contributed by atoms with Gasteiger partial charge in [-0.3, -0.25) is 4.99 Å². The maximum absolute atomic E-state index is 4.86. The van der Waals surface area contributed by atoms with Crippen LogP contribution >= 0.6 is 24.0 Å². The molecule has 27 heavy (non-hydrogen) atoms. The number of benzene rings is 1. The lowest BCUT2D eigenvalue weighted by Crippen LogP contribution is -2.56. The zero-order chi connectivity index (χ0) is 18.5. The van der Waals surface area contributed by atoms with E-state index in [0.717, 1.165) is 37.6 Å². The van der Waals surface area contributed by atoms with Gasteiger partial charge in [0.2, 0.25) is 0 Å².